The summed E-state index contributed by atoms with van der Waals surface area (Å²) in [4.78, 5) is 0. The van der Waals surface area contributed by atoms with E-state index in [-0.39, 0.29) is 0 Å². The van der Waals surface area contributed by atoms with Crippen LogP contribution in [0.25, 0.3) is 0 Å². The standard InChI is InChI=1S/C13H25N/c1-5-11(4)8-12(10(2)3)9-14-13-6-7-13/h8,10-11,13-14H,5-7,9H2,1-4H3/b12-8-. The van der Waals surface area contributed by atoms with Gasteiger partial charge in [-0.3, -0.25) is 0 Å². The van der Waals surface area contributed by atoms with Crippen molar-refractivity contribution in [2.75, 3.05) is 6.54 Å². The molecule has 14 heavy (non-hydrogen) atoms. The Morgan fingerprint density at radius 3 is 2.43 bits per heavy atom. The second kappa shape index (κ2) is 5.55. The lowest BCUT2D eigenvalue weighted by atomic mass is 9.97. The van der Waals surface area contributed by atoms with Gasteiger partial charge in [-0.15, -0.1) is 0 Å². The molecule has 0 aromatic carbocycles. The van der Waals surface area contributed by atoms with E-state index in [1.54, 1.807) is 5.57 Å². The zero-order valence-electron chi connectivity index (χ0n) is 10.1. The van der Waals surface area contributed by atoms with Crippen LogP contribution in [0.15, 0.2) is 11.6 Å². The van der Waals surface area contributed by atoms with Crippen molar-refractivity contribution in [1.29, 1.82) is 0 Å². The van der Waals surface area contributed by atoms with E-state index in [0.717, 1.165) is 18.5 Å². The fourth-order valence-corrected chi connectivity index (χ4v) is 1.49. The van der Waals surface area contributed by atoms with E-state index in [1.807, 2.05) is 0 Å². The topological polar surface area (TPSA) is 12.0 Å². The van der Waals surface area contributed by atoms with E-state index in [1.165, 1.54) is 19.3 Å². The maximum atomic E-state index is 3.60. The van der Waals surface area contributed by atoms with Crippen LogP contribution in [0.1, 0.15) is 47.0 Å². The molecule has 1 fully saturated rings. The minimum Gasteiger partial charge on any atom is -0.310 e. The maximum Gasteiger partial charge on any atom is 0.0169 e. The van der Waals surface area contributed by atoms with Gasteiger partial charge in [0.25, 0.3) is 0 Å². The molecule has 1 rings (SSSR count). The molecule has 0 spiro atoms. The van der Waals surface area contributed by atoms with E-state index in [4.69, 9.17) is 0 Å². The SMILES string of the molecule is CCC(C)/C=C(/CNC1CC1)C(C)C. The third kappa shape index (κ3) is 4.28. The first kappa shape index (κ1) is 11.8. The Bertz CT molecular complexity index is 189. The van der Waals surface area contributed by atoms with Gasteiger partial charge in [0.05, 0.1) is 0 Å². The fourth-order valence-electron chi connectivity index (χ4n) is 1.49. The van der Waals surface area contributed by atoms with Crippen molar-refractivity contribution in [1.82, 2.24) is 5.32 Å². The first-order valence-corrected chi connectivity index (χ1v) is 6.07. The molecule has 0 bridgehead atoms. The molecule has 82 valence electrons. The minimum atomic E-state index is 0.690. The zero-order chi connectivity index (χ0) is 10.6. The third-order valence-corrected chi connectivity index (χ3v) is 3.06. The molecule has 0 aromatic heterocycles. The van der Waals surface area contributed by atoms with Crippen LogP contribution in [0.3, 0.4) is 0 Å². The van der Waals surface area contributed by atoms with Crippen molar-refractivity contribution < 1.29 is 0 Å². The molecule has 0 radical (unpaired) electrons. The van der Waals surface area contributed by atoms with Gasteiger partial charge in [-0.25, -0.2) is 0 Å². The van der Waals surface area contributed by atoms with Gasteiger partial charge < -0.3 is 5.32 Å². The minimum absolute atomic E-state index is 0.690. The second-order valence-corrected chi connectivity index (χ2v) is 4.94. The number of allylic oxidation sites excluding steroid dienone is 1. The Labute approximate surface area is 89.0 Å². The average Bonchev–Trinajstić information content (AvgIpc) is 2.94. The Hall–Kier alpha value is -0.300. The van der Waals surface area contributed by atoms with Crippen molar-refractivity contribution in [3.8, 4) is 0 Å². The molecule has 1 aliphatic rings. The highest BCUT2D eigenvalue weighted by Crippen LogP contribution is 2.20. The number of nitrogens with one attached hydrogen (secondary N) is 1. The monoisotopic (exact) mass is 195 g/mol. The molecule has 1 saturated carbocycles. The van der Waals surface area contributed by atoms with Gasteiger partial charge in [-0.05, 0) is 24.7 Å². The smallest absolute Gasteiger partial charge is 0.0169 e. The number of hydrogen-bond acceptors (Lipinski definition) is 1. The van der Waals surface area contributed by atoms with Crippen LogP contribution < -0.4 is 5.32 Å². The van der Waals surface area contributed by atoms with Crippen LogP contribution in [0, 0.1) is 11.8 Å². The lowest BCUT2D eigenvalue weighted by Crippen LogP contribution is -2.21. The van der Waals surface area contributed by atoms with Crippen molar-refractivity contribution >= 4 is 0 Å². The molecule has 0 heterocycles. The molecule has 1 aliphatic carbocycles. The fraction of sp³-hybridized carbons (Fsp3) is 0.846. The second-order valence-electron chi connectivity index (χ2n) is 4.94. The zero-order valence-corrected chi connectivity index (χ0v) is 10.1. The Morgan fingerprint density at radius 2 is 2.00 bits per heavy atom. The van der Waals surface area contributed by atoms with Gasteiger partial charge in [-0.2, -0.15) is 0 Å². The summed E-state index contributed by atoms with van der Waals surface area (Å²) < 4.78 is 0. The van der Waals surface area contributed by atoms with Crippen LogP contribution >= 0.6 is 0 Å². The van der Waals surface area contributed by atoms with Crippen LogP contribution in [0.4, 0.5) is 0 Å². The largest absolute Gasteiger partial charge is 0.310 e. The molecule has 0 saturated heterocycles. The van der Waals surface area contributed by atoms with Crippen molar-refractivity contribution in [3.05, 3.63) is 11.6 Å². The molecule has 1 heteroatoms. The molecular formula is C13H25N. The highest BCUT2D eigenvalue weighted by molar-refractivity contribution is 5.09. The highest BCUT2D eigenvalue weighted by atomic mass is 14.9. The van der Waals surface area contributed by atoms with Crippen molar-refractivity contribution in [3.63, 3.8) is 0 Å². The molecule has 1 nitrogen and oxygen atoms in total. The van der Waals surface area contributed by atoms with E-state index in [2.05, 4.69) is 39.1 Å². The van der Waals surface area contributed by atoms with E-state index >= 15 is 0 Å². The van der Waals surface area contributed by atoms with E-state index < -0.39 is 0 Å². The van der Waals surface area contributed by atoms with Gasteiger partial charge in [0, 0.05) is 12.6 Å². The summed E-state index contributed by atoms with van der Waals surface area (Å²) in [7, 11) is 0. The molecule has 1 atom stereocenters. The normalized spacial score (nSPS) is 20.2. The van der Waals surface area contributed by atoms with Gasteiger partial charge in [0.1, 0.15) is 0 Å². The van der Waals surface area contributed by atoms with E-state index in [9.17, 15) is 0 Å². The Balaban J connectivity index is 2.39. The molecule has 1 N–H and O–H groups in total. The Morgan fingerprint density at radius 1 is 1.36 bits per heavy atom. The lowest BCUT2D eigenvalue weighted by molar-refractivity contribution is 0.624. The summed E-state index contributed by atoms with van der Waals surface area (Å²) in [5.74, 6) is 1.42. The summed E-state index contributed by atoms with van der Waals surface area (Å²) in [6, 6.07) is 0.828. The maximum absolute atomic E-state index is 3.60. The average molecular weight is 195 g/mol. The molecule has 0 aromatic rings. The molecule has 1 unspecified atom stereocenters. The van der Waals surface area contributed by atoms with Gasteiger partial charge in [-0.1, -0.05) is 45.8 Å². The predicted molar refractivity (Wildman–Crippen MR) is 63.4 cm³/mol. The van der Waals surface area contributed by atoms with Gasteiger partial charge in [0.15, 0.2) is 0 Å². The predicted octanol–water partition coefficient (Wildman–Crippen LogP) is 3.37. The molecular weight excluding hydrogens is 170 g/mol. The summed E-state index contributed by atoms with van der Waals surface area (Å²) in [6.45, 7) is 10.3. The molecule has 0 amide bonds. The Kier molecular flexibility index (Phi) is 4.67. The van der Waals surface area contributed by atoms with Gasteiger partial charge in [0.2, 0.25) is 0 Å². The number of rotatable bonds is 6. The van der Waals surface area contributed by atoms with E-state index in [0.29, 0.717) is 5.92 Å². The highest BCUT2D eigenvalue weighted by Gasteiger charge is 2.20. The summed E-state index contributed by atoms with van der Waals surface area (Å²) >= 11 is 0. The lowest BCUT2D eigenvalue weighted by Gasteiger charge is -2.14. The summed E-state index contributed by atoms with van der Waals surface area (Å²) in [5, 5.41) is 3.60. The van der Waals surface area contributed by atoms with Crippen LogP contribution in [-0.4, -0.2) is 12.6 Å². The summed E-state index contributed by atoms with van der Waals surface area (Å²) in [5.41, 5.74) is 1.59. The molecule has 0 aliphatic heterocycles. The summed E-state index contributed by atoms with van der Waals surface area (Å²) in [6.07, 6.45) is 6.48. The van der Waals surface area contributed by atoms with Gasteiger partial charge >= 0.3 is 0 Å². The van der Waals surface area contributed by atoms with Crippen LogP contribution in [0.5, 0.6) is 0 Å². The number of hydrogen-bond donors (Lipinski definition) is 1. The first-order valence-electron chi connectivity index (χ1n) is 6.07. The van der Waals surface area contributed by atoms with Crippen LogP contribution in [-0.2, 0) is 0 Å². The first-order chi connectivity index (χ1) is 6.63. The van der Waals surface area contributed by atoms with Crippen molar-refractivity contribution in [2.45, 2.75) is 53.0 Å². The quantitative estimate of drug-likeness (QED) is 0.641. The van der Waals surface area contributed by atoms with Crippen molar-refractivity contribution in [2.24, 2.45) is 11.8 Å². The van der Waals surface area contributed by atoms with Crippen LogP contribution in [0.2, 0.25) is 0 Å². The third-order valence-electron chi connectivity index (χ3n) is 3.06.